The van der Waals surface area contributed by atoms with Gasteiger partial charge in [-0.1, -0.05) is 6.07 Å². The molecule has 0 bridgehead atoms. The number of ether oxygens (including phenoxy) is 2. The maximum absolute atomic E-state index is 12.3. The second-order valence-electron chi connectivity index (χ2n) is 6.28. The minimum atomic E-state index is 0.191. The van der Waals surface area contributed by atoms with Crippen molar-refractivity contribution in [2.75, 3.05) is 27.3 Å². The number of carbonyl (C=O) groups is 1. The van der Waals surface area contributed by atoms with Gasteiger partial charge in [0.1, 0.15) is 0 Å². The van der Waals surface area contributed by atoms with E-state index in [-0.39, 0.29) is 17.2 Å². The Morgan fingerprint density at radius 2 is 2.00 bits per heavy atom. The predicted molar refractivity (Wildman–Crippen MR) is 84.0 cm³/mol. The molecular formula is C17H24N2O3. The Kier molecular flexibility index (Phi) is 4.25. The van der Waals surface area contributed by atoms with Crippen molar-refractivity contribution in [2.24, 2.45) is 11.3 Å². The largest absolute Gasteiger partial charge is 0.493 e. The second kappa shape index (κ2) is 6.16. The first-order valence-electron chi connectivity index (χ1n) is 7.88. The molecule has 0 aromatic heterocycles. The standard InChI is InChI=1S/C17H24N2O3/c1-21-14-4-3-12(9-15(14)22-2)11-19-16(20)13-10-17(13)5-7-18-8-6-17/h3-4,9,13,18H,5-8,10-11H2,1-2H3,(H,19,20). The first-order valence-corrected chi connectivity index (χ1v) is 7.88. The van der Waals surface area contributed by atoms with Crippen LogP contribution in [0.15, 0.2) is 18.2 Å². The summed E-state index contributed by atoms with van der Waals surface area (Å²) in [5.74, 6) is 1.79. The minimum Gasteiger partial charge on any atom is -0.493 e. The SMILES string of the molecule is COc1ccc(CNC(=O)C2CC23CCNCC3)cc1OC. The van der Waals surface area contributed by atoms with Gasteiger partial charge in [-0.15, -0.1) is 0 Å². The zero-order valence-corrected chi connectivity index (χ0v) is 13.3. The fourth-order valence-corrected chi connectivity index (χ4v) is 3.50. The molecular weight excluding hydrogens is 280 g/mol. The molecule has 3 rings (SSSR count). The molecule has 1 unspecified atom stereocenters. The quantitative estimate of drug-likeness (QED) is 0.869. The van der Waals surface area contributed by atoms with Crippen molar-refractivity contribution in [1.82, 2.24) is 10.6 Å². The van der Waals surface area contributed by atoms with Crippen molar-refractivity contribution in [1.29, 1.82) is 0 Å². The van der Waals surface area contributed by atoms with Crippen LogP contribution in [-0.2, 0) is 11.3 Å². The fraction of sp³-hybridized carbons (Fsp3) is 0.588. The molecule has 1 aromatic carbocycles. The smallest absolute Gasteiger partial charge is 0.223 e. The van der Waals surface area contributed by atoms with Crippen LogP contribution in [-0.4, -0.2) is 33.2 Å². The number of nitrogens with one attached hydrogen (secondary N) is 2. The third kappa shape index (κ3) is 2.90. The van der Waals surface area contributed by atoms with Gasteiger partial charge in [0.05, 0.1) is 14.2 Å². The van der Waals surface area contributed by atoms with Gasteiger partial charge in [-0.05, 0) is 55.5 Å². The maximum Gasteiger partial charge on any atom is 0.223 e. The Balaban J connectivity index is 1.55. The summed E-state index contributed by atoms with van der Waals surface area (Å²) in [5, 5.41) is 6.43. The van der Waals surface area contributed by atoms with Crippen LogP contribution >= 0.6 is 0 Å². The highest BCUT2D eigenvalue weighted by Gasteiger charge is 2.57. The van der Waals surface area contributed by atoms with Crippen molar-refractivity contribution < 1.29 is 14.3 Å². The fourth-order valence-electron chi connectivity index (χ4n) is 3.50. The molecule has 1 spiro atoms. The molecule has 1 saturated heterocycles. The Bertz CT molecular complexity index is 553. The van der Waals surface area contributed by atoms with Gasteiger partial charge in [0.2, 0.25) is 5.91 Å². The number of hydrogen-bond acceptors (Lipinski definition) is 4. The summed E-state index contributed by atoms with van der Waals surface area (Å²) in [4.78, 5) is 12.3. The Morgan fingerprint density at radius 1 is 1.27 bits per heavy atom. The number of amides is 1. The molecule has 1 aliphatic heterocycles. The van der Waals surface area contributed by atoms with Crippen molar-refractivity contribution in [3.8, 4) is 11.5 Å². The molecule has 1 heterocycles. The van der Waals surface area contributed by atoms with Crippen LogP contribution in [0.5, 0.6) is 11.5 Å². The number of hydrogen-bond donors (Lipinski definition) is 2. The average Bonchev–Trinajstić information content (AvgIpc) is 3.26. The monoisotopic (exact) mass is 304 g/mol. The molecule has 5 heteroatoms. The summed E-state index contributed by atoms with van der Waals surface area (Å²) in [6, 6.07) is 5.73. The third-order valence-electron chi connectivity index (χ3n) is 5.02. The predicted octanol–water partition coefficient (Wildman–Crippen LogP) is 1.71. The van der Waals surface area contributed by atoms with Crippen LogP contribution in [0.4, 0.5) is 0 Å². The lowest BCUT2D eigenvalue weighted by molar-refractivity contribution is -0.123. The van der Waals surface area contributed by atoms with Gasteiger partial charge in [-0.2, -0.15) is 0 Å². The molecule has 5 nitrogen and oxygen atoms in total. The van der Waals surface area contributed by atoms with Crippen molar-refractivity contribution in [3.05, 3.63) is 23.8 Å². The van der Waals surface area contributed by atoms with E-state index in [1.54, 1.807) is 14.2 Å². The Morgan fingerprint density at radius 3 is 2.68 bits per heavy atom. The van der Waals surface area contributed by atoms with E-state index in [4.69, 9.17) is 9.47 Å². The minimum absolute atomic E-state index is 0.191. The number of methoxy groups -OCH3 is 2. The molecule has 1 atom stereocenters. The van der Waals surface area contributed by atoms with Crippen molar-refractivity contribution in [3.63, 3.8) is 0 Å². The number of piperidine rings is 1. The highest BCUT2D eigenvalue weighted by Crippen LogP contribution is 2.58. The Labute approximate surface area is 131 Å². The van der Waals surface area contributed by atoms with Gasteiger partial charge < -0.3 is 20.1 Å². The van der Waals surface area contributed by atoms with Crippen LogP contribution in [0.2, 0.25) is 0 Å². The zero-order valence-electron chi connectivity index (χ0n) is 13.3. The Hall–Kier alpha value is -1.75. The van der Waals surface area contributed by atoms with Crippen LogP contribution in [0, 0.1) is 11.3 Å². The van der Waals surface area contributed by atoms with Gasteiger partial charge in [-0.25, -0.2) is 0 Å². The van der Waals surface area contributed by atoms with E-state index in [0.717, 1.165) is 37.9 Å². The third-order valence-corrected chi connectivity index (χ3v) is 5.02. The number of carbonyl (C=O) groups excluding carboxylic acids is 1. The molecule has 1 saturated carbocycles. The molecule has 2 aliphatic rings. The van der Waals surface area contributed by atoms with Gasteiger partial charge >= 0.3 is 0 Å². The normalized spacial score (nSPS) is 22.2. The highest BCUT2D eigenvalue weighted by molar-refractivity contribution is 5.82. The summed E-state index contributed by atoms with van der Waals surface area (Å²) in [6.45, 7) is 2.61. The zero-order chi connectivity index (χ0) is 15.6. The molecule has 2 fully saturated rings. The van der Waals surface area contributed by atoms with E-state index in [1.165, 1.54) is 0 Å². The molecule has 120 valence electrons. The topological polar surface area (TPSA) is 59.6 Å². The van der Waals surface area contributed by atoms with E-state index < -0.39 is 0 Å². The van der Waals surface area contributed by atoms with Gasteiger partial charge in [-0.3, -0.25) is 4.79 Å². The van der Waals surface area contributed by atoms with Crippen LogP contribution < -0.4 is 20.1 Å². The lowest BCUT2D eigenvalue weighted by Gasteiger charge is -2.23. The average molecular weight is 304 g/mol. The molecule has 2 N–H and O–H groups in total. The first kappa shape index (κ1) is 15.2. The summed E-state index contributed by atoms with van der Waals surface area (Å²) < 4.78 is 10.5. The lowest BCUT2D eigenvalue weighted by atomic mass is 9.92. The van der Waals surface area contributed by atoms with Crippen LogP contribution in [0.1, 0.15) is 24.8 Å². The molecule has 1 amide bonds. The number of benzene rings is 1. The van der Waals surface area contributed by atoms with E-state index in [0.29, 0.717) is 18.0 Å². The summed E-state index contributed by atoms with van der Waals surface area (Å²) in [5.41, 5.74) is 1.30. The van der Waals surface area contributed by atoms with E-state index >= 15 is 0 Å². The second-order valence-corrected chi connectivity index (χ2v) is 6.28. The van der Waals surface area contributed by atoms with Crippen molar-refractivity contribution >= 4 is 5.91 Å². The maximum atomic E-state index is 12.3. The summed E-state index contributed by atoms with van der Waals surface area (Å²) in [7, 11) is 3.23. The summed E-state index contributed by atoms with van der Waals surface area (Å²) >= 11 is 0. The molecule has 1 aliphatic carbocycles. The lowest BCUT2D eigenvalue weighted by Crippen LogP contribution is -2.33. The first-order chi connectivity index (χ1) is 10.7. The molecule has 0 radical (unpaired) electrons. The van der Waals surface area contributed by atoms with Gasteiger partial charge in [0.15, 0.2) is 11.5 Å². The van der Waals surface area contributed by atoms with Gasteiger partial charge in [0, 0.05) is 12.5 Å². The molecule has 1 aromatic rings. The highest BCUT2D eigenvalue weighted by atomic mass is 16.5. The van der Waals surface area contributed by atoms with Crippen LogP contribution in [0.3, 0.4) is 0 Å². The van der Waals surface area contributed by atoms with E-state index in [2.05, 4.69) is 10.6 Å². The number of rotatable bonds is 5. The van der Waals surface area contributed by atoms with E-state index in [9.17, 15) is 4.79 Å². The van der Waals surface area contributed by atoms with Crippen LogP contribution in [0.25, 0.3) is 0 Å². The van der Waals surface area contributed by atoms with Gasteiger partial charge in [0.25, 0.3) is 0 Å². The molecule has 22 heavy (non-hydrogen) atoms. The van der Waals surface area contributed by atoms with E-state index in [1.807, 2.05) is 18.2 Å². The van der Waals surface area contributed by atoms with Crippen molar-refractivity contribution in [2.45, 2.75) is 25.8 Å². The summed E-state index contributed by atoms with van der Waals surface area (Å²) in [6.07, 6.45) is 3.30.